The number of nitrogens with one attached hydrogen (secondary N) is 1. The molecule has 1 saturated heterocycles. The van der Waals surface area contributed by atoms with Gasteiger partial charge in [0.25, 0.3) is 5.56 Å². The highest BCUT2D eigenvalue weighted by Crippen LogP contribution is 2.29. The van der Waals surface area contributed by atoms with Gasteiger partial charge >= 0.3 is 0 Å². The standard InChI is InChI=1S/C22H27N5O2S3/c1-3-10-27-20(29)18-19(24-21(32-18)26-11-5-4-6-12-26)25-22(27)31-14-17(28)23-15-8-7-9-16(13-15)30-2/h7-9,13H,3-6,10-12,14H2,1-2H3,(H,23,28). The van der Waals surface area contributed by atoms with E-state index in [0.29, 0.717) is 22.0 Å². The van der Waals surface area contributed by atoms with Gasteiger partial charge in [0.2, 0.25) is 5.91 Å². The average Bonchev–Trinajstić information content (AvgIpc) is 3.25. The molecule has 3 aromatic rings. The van der Waals surface area contributed by atoms with Crippen molar-refractivity contribution in [3.63, 3.8) is 0 Å². The van der Waals surface area contributed by atoms with Gasteiger partial charge in [0.05, 0.1) is 5.75 Å². The summed E-state index contributed by atoms with van der Waals surface area (Å²) in [4.78, 5) is 38.5. The molecule has 1 aliphatic rings. The summed E-state index contributed by atoms with van der Waals surface area (Å²) in [6, 6.07) is 7.74. The van der Waals surface area contributed by atoms with E-state index in [9.17, 15) is 9.59 Å². The zero-order chi connectivity index (χ0) is 22.5. The fourth-order valence-corrected chi connectivity index (χ4v) is 5.94. The largest absolute Gasteiger partial charge is 0.348 e. The molecule has 2 aromatic heterocycles. The lowest BCUT2D eigenvalue weighted by Gasteiger charge is -2.25. The first kappa shape index (κ1) is 23.1. The minimum Gasteiger partial charge on any atom is -0.348 e. The number of anilines is 2. The Kier molecular flexibility index (Phi) is 7.75. The zero-order valence-electron chi connectivity index (χ0n) is 18.3. The molecule has 1 aromatic carbocycles. The van der Waals surface area contributed by atoms with E-state index in [1.54, 1.807) is 16.3 Å². The Labute approximate surface area is 200 Å². The number of thiazole rings is 1. The predicted molar refractivity (Wildman–Crippen MR) is 136 cm³/mol. The maximum Gasteiger partial charge on any atom is 0.273 e. The van der Waals surface area contributed by atoms with E-state index in [1.165, 1.54) is 29.5 Å². The van der Waals surface area contributed by atoms with Gasteiger partial charge in [-0.3, -0.25) is 14.2 Å². The molecule has 32 heavy (non-hydrogen) atoms. The molecule has 170 valence electrons. The molecule has 10 heteroatoms. The summed E-state index contributed by atoms with van der Waals surface area (Å²) < 4.78 is 2.29. The molecule has 1 fully saturated rings. The van der Waals surface area contributed by atoms with E-state index in [-0.39, 0.29) is 17.2 Å². The van der Waals surface area contributed by atoms with Gasteiger partial charge in [-0.25, -0.2) is 4.98 Å². The molecular formula is C22H27N5O2S3. The molecule has 0 atom stereocenters. The Morgan fingerprint density at radius 2 is 2.03 bits per heavy atom. The molecule has 0 saturated carbocycles. The third-order valence-corrected chi connectivity index (χ3v) is 8.02. The number of rotatable bonds is 8. The maximum absolute atomic E-state index is 13.2. The Morgan fingerprint density at radius 1 is 1.22 bits per heavy atom. The van der Waals surface area contributed by atoms with Crippen LogP contribution in [-0.4, -0.2) is 45.5 Å². The average molecular weight is 490 g/mol. The van der Waals surface area contributed by atoms with E-state index in [1.807, 2.05) is 37.4 Å². The molecule has 1 amide bonds. The second-order valence-corrected chi connectivity index (χ2v) is 10.4. The Hall–Kier alpha value is -2.04. The number of hydrogen-bond acceptors (Lipinski definition) is 8. The van der Waals surface area contributed by atoms with Crippen LogP contribution in [0.2, 0.25) is 0 Å². The predicted octanol–water partition coefficient (Wildman–Crippen LogP) is 4.71. The Morgan fingerprint density at radius 3 is 2.78 bits per heavy atom. The summed E-state index contributed by atoms with van der Waals surface area (Å²) in [5.74, 6) is 0.0480. The number of carbonyl (C=O) groups is 1. The number of amides is 1. The number of aromatic nitrogens is 3. The quantitative estimate of drug-likeness (QED) is 0.363. The first-order valence-electron chi connectivity index (χ1n) is 10.8. The number of thioether (sulfide) groups is 2. The highest BCUT2D eigenvalue weighted by Gasteiger charge is 2.20. The lowest BCUT2D eigenvalue weighted by Crippen LogP contribution is -2.29. The molecule has 3 heterocycles. The van der Waals surface area contributed by atoms with Gasteiger partial charge in [-0.2, -0.15) is 4.98 Å². The summed E-state index contributed by atoms with van der Waals surface area (Å²) >= 11 is 4.35. The Bertz CT molecular complexity index is 1150. The summed E-state index contributed by atoms with van der Waals surface area (Å²) in [5, 5.41) is 4.35. The molecule has 0 spiro atoms. The van der Waals surface area contributed by atoms with Crippen molar-refractivity contribution in [2.45, 2.75) is 49.2 Å². The van der Waals surface area contributed by atoms with Crippen LogP contribution in [0.5, 0.6) is 0 Å². The van der Waals surface area contributed by atoms with Gasteiger partial charge in [0.15, 0.2) is 15.9 Å². The van der Waals surface area contributed by atoms with Crippen LogP contribution < -0.4 is 15.8 Å². The van der Waals surface area contributed by atoms with Crippen LogP contribution in [0.4, 0.5) is 10.8 Å². The zero-order valence-corrected chi connectivity index (χ0v) is 20.7. The van der Waals surface area contributed by atoms with Crippen LogP contribution in [0.3, 0.4) is 0 Å². The first-order valence-corrected chi connectivity index (χ1v) is 13.8. The molecule has 1 N–H and O–H groups in total. The van der Waals surface area contributed by atoms with E-state index in [4.69, 9.17) is 4.98 Å². The molecule has 0 radical (unpaired) electrons. The highest BCUT2D eigenvalue weighted by molar-refractivity contribution is 7.99. The van der Waals surface area contributed by atoms with Crippen LogP contribution in [0.25, 0.3) is 10.3 Å². The van der Waals surface area contributed by atoms with Crippen molar-refractivity contribution in [3.8, 4) is 0 Å². The number of carbonyl (C=O) groups excluding carboxylic acids is 1. The van der Waals surface area contributed by atoms with Crippen LogP contribution in [-0.2, 0) is 11.3 Å². The van der Waals surface area contributed by atoms with Gasteiger partial charge in [-0.05, 0) is 50.1 Å². The molecule has 4 rings (SSSR count). The number of benzene rings is 1. The van der Waals surface area contributed by atoms with Crippen molar-refractivity contribution >= 4 is 61.9 Å². The normalized spacial score (nSPS) is 14.1. The van der Waals surface area contributed by atoms with Gasteiger partial charge in [-0.1, -0.05) is 36.1 Å². The number of piperidine rings is 1. The SMILES string of the molecule is CCCn1c(SCC(=O)Nc2cccc(SC)c2)nc2nc(N3CCCCC3)sc2c1=O. The molecule has 1 aliphatic heterocycles. The van der Waals surface area contributed by atoms with Crippen LogP contribution in [0.1, 0.15) is 32.6 Å². The van der Waals surface area contributed by atoms with Crippen molar-refractivity contribution in [1.82, 2.24) is 14.5 Å². The highest BCUT2D eigenvalue weighted by atomic mass is 32.2. The number of fused-ring (bicyclic) bond motifs is 1. The lowest BCUT2D eigenvalue weighted by molar-refractivity contribution is -0.113. The fraction of sp³-hybridized carbons (Fsp3) is 0.455. The van der Waals surface area contributed by atoms with Crippen LogP contribution >= 0.6 is 34.9 Å². The maximum atomic E-state index is 13.2. The van der Waals surface area contributed by atoms with Gasteiger partial charge in [-0.15, -0.1) is 11.8 Å². The topological polar surface area (TPSA) is 80.1 Å². The van der Waals surface area contributed by atoms with E-state index >= 15 is 0 Å². The molecule has 0 bridgehead atoms. The second kappa shape index (κ2) is 10.7. The van der Waals surface area contributed by atoms with E-state index in [2.05, 4.69) is 15.2 Å². The Balaban J connectivity index is 1.54. The van der Waals surface area contributed by atoms with Gasteiger partial charge < -0.3 is 10.2 Å². The minimum absolute atomic E-state index is 0.0619. The third kappa shape index (κ3) is 5.29. The second-order valence-electron chi connectivity index (χ2n) is 7.62. The van der Waals surface area contributed by atoms with Crippen molar-refractivity contribution < 1.29 is 4.79 Å². The van der Waals surface area contributed by atoms with E-state index < -0.39 is 0 Å². The smallest absolute Gasteiger partial charge is 0.273 e. The van der Waals surface area contributed by atoms with Gasteiger partial charge in [0.1, 0.15) is 4.70 Å². The van der Waals surface area contributed by atoms with Crippen molar-refractivity contribution in [2.24, 2.45) is 0 Å². The first-order chi connectivity index (χ1) is 15.6. The van der Waals surface area contributed by atoms with Crippen molar-refractivity contribution in [1.29, 1.82) is 0 Å². The number of nitrogens with zero attached hydrogens (tertiary/aromatic N) is 4. The lowest BCUT2D eigenvalue weighted by atomic mass is 10.1. The summed E-state index contributed by atoms with van der Waals surface area (Å²) in [5.41, 5.74) is 1.19. The summed E-state index contributed by atoms with van der Waals surface area (Å²) in [6.45, 7) is 4.55. The summed E-state index contributed by atoms with van der Waals surface area (Å²) in [7, 11) is 0. The third-order valence-electron chi connectivity index (χ3n) is 5.23. The molecule has 0 aliphatic carbocycles. The van der Waals surface area contributed by atoms with E-state index in [0.717, 1.165) is 48.1 Å². The van der Waals surface area contributed by atoms with Gasteiger partial charge in [0, 0.05) is 30.2 Å². The molecular weight excluding hydrogens is 462 g/mol. The summed E-state index contributed by atoms with van der Waals surface area (Å²) in [6.07, 6.45) is 6.36. The number of hydrogen-bond donors (Lipinski definition) is 1. The minimum atomic E-state index is -0.127. The van der Waals surface area contributed by atoms with Crippen LogP contribution in [0, 0.1) is 0 Å². The molecule has 0 unspecified atom stereocenters. The van der Waals surface area contributed by atoms with Crippen molar-refractivity contribution in [3.05, 3.63) is 34.6 Å². The van der Waals surface area contributed by atoms with Crippen molar-refractivity contribution in [2.75, 3.05) is 35.3 Å². The monoisotopic (exact) mass is 489 g/mol. The molecule has 7 nitrogen and oxygen atoms in total. The fourth-order valence-electron chi connectivity index (χ4n) is 3.66. The van der Waals surface area contributed by atoms with Crippen LogP contribution in [0.15, 0.2) is 39.1 Å².